The molecule has 1 saturated carbocycles. The zero-order valence-corrected chi connectivity index (χ0v) is 13.4. The lowest BCUT2D eigenvalue weighted by molar-refractivity contribution is -0.151. The molecular weight excluding hydrogens is 266 g/mol. The minimum Gasteiger partial charge on any atom is -0.480 e. The molecular formula is C17H29NO3. The molecule has 2 rings (SSSR count). The number of carboxylic acid groups (broad SMARTS) is 1. The van der Waals surface area contributed by atoms with Gasteiger partial charge >= 0.3 is 5.97 Å². The third kappa shape index (κ3) is 3.78. The SMILES string of the molecule is CCCCC1CCC(C(=O)N2CCC(C)C2C(=O)O)CC1. The summed E-state index contributed by atoms with van der Waals surface area (Å²) in [6.07, 6.45) is 8.80. The third-order valence-corrected chi connectivity index (χ3v) is 5.40. The van der Waals surface area contributed by atoms with Crippen molar-refractivity contribution in [1.29, 1.82) is 0 Å². The minimum absolute atomic E-state index is 0.0648. The summed E-state index contributed by atoms with van der Waals surface area (Å²) in [5.74, 6) is 0.176. The van der Waals surface area contributed by atoms with Gasteiger partial charge in [-0.15, -0.1) is 0 Å². The number of rotatable bonds is 5. The maximum Gasteiger partial charge on any atom is 0.326 e. The lowest BCUT2D eigenvalue weighted by Gasteiger charge is -2.32. The largest absolute Gasteiger partial charge is 0.480 e. The van der Waals surface area contributed by atoms with Crippen LogP contribution in [0.3, 0.4) is 0 Å². The van der Waals surface area contributed by atoms with E-state index < -0.39 is 12.0 Å². The van der Waals surface area contributed by atoms with Gasteiger partial charge in [0.05, 0.1) is 0 Å². The summed E-state index contributed by atoms with van der Waals surface area (Å²) in [6.45, 7) is 4.77. The van der Waals surface area contributed by atoms with Crippen LogP contribution in [0, 0.1) is 17.8 Å². The van der Waals surface area contributed by atoms with Gasteiger partial charge in [-0.2, -0.15) is 0 Å². The highest BCUT2D eigenvalue weighted by atomic mass is 16.4. The van der Waals surface area contributed by atoms with Crippen LogP contribution >= 0.6 is 0 Å². The molecule has 1 heterocycles. The molecule has 1 amide bonds. The van der Waals surface area contributed by atoms with Gasteiger partial charge in [-0.25, -0.2) is 4.79 Å². The van der Waals surface area contributed by atoms with Crippen LogP contribution in [-0.2, 0) is 9.59 Å². The van der Waals surface area contributed by atoms with Crippen LogP contribution in [0.2, 0.25) is 0 Å². The molecule has 0 aromatic carbocycles. The van der Waals surface area contributed by atoms with Crippen LogP contribution in [0.4, 0.5) is 0 Å². The lowest BCUT2D eigenvalue weighted by atomic mass is 9.79. The van der Waals surface area contributed by atoms with Crippen molar-refractivity contribution >= 4 is 11.9 Å². The first kappa shape index (κ1) is 16.3. The predicted octanol–water partition coefficient (Wildman–Crippen LogP) is 3.30. The Kier molecular flexibility index (Phi) is 5.65. The van der Waals surface area contributed by atoms with Crippen LogP contribution in [0.15, 0.2) is 0 Å². The first-order valence-electron chi connectivity index (χ1n) is 8.57. The Balaban J connectivity index is 1.88. The van der Waals surface area contributed by atoms with Gasteiger partial charge in [0, 0.05) is 12.5 Å². The van der Waals surface area contributed by atoms with Crippen LogP contribution in [0.25, 0.3) is 0 Å². The van der Waals surface area contributed by atoms with E-state index in [0.29, 0.717) is 6.54 Å². The molecule has 1 aliphatic heterocycles. The molecule has 2 fully saturated rings. The quantitative estimate of drug-likeness (QED) is 0.846. The van der Waals surface area contributed by atoms with Gasteiger partial charge in [-0.1, -0.05) is 33.1 Å². The van der Waals surface area contributed by atoms with E-state index in [0.717, 1.165) is 38.0 Å². The average molecular weight is 295 g/mol. The van der Waals surface area contributed by atoms with Crippen LogP contribution in [0.5, 0.6) is 0 Å². The van der Waals surface area contributed by atoms with E-state index in [1.807, 2.05) is 6.92 Å². The molecule has 0 spiro atoms. The number of amides is 1. The molecule has 120 valence electrons. The van der Waals surface area contributed by atoms with Crippen molar-refractivity contribution in [2.45, 2.75) is 71.3 Å². The van der Waals surface area contributed by atoms with Gasteiger partial charge in [0.25, 0.3) is 0 Å². The Morgan fingerprint density at radius 2 is 1.81 bits per heavy atom. The van der Waals surface area contributed by atoms with Gasteiger partial charge in [0.15, 0.2) is 0 Å². The Morgan fingerprint density at radius 3 is 2.38 bits per heavy atom. The summed E-state index contributed by atoms with van der Waals surface area (Å²) < 4.78 is 0. The van der Waals surface area contributed by atoms with E-state index >= 15 is 0 Å². The zero-order valence-electron chi connectivity index (χ0n) is 13.4. The van der Waals surface area contributed by atoms with Crippen molar-refractivity contribution < 1.29 is 14.7 Å². The molecule has 0 bridgehead atoms. The van der Waals surface area contributed by atoms with Gasteiger partial charge in [0.1, 0.15) is 6.04 Å². The summed E-state index contributed by atoms with van der Waals surface area (Å²) in [7, 11) is 0. The summed E-state index contributed by atoms with van der Waals surface area (Å²) in [5, 5.41) is 9.35. The van der Waals surface area contributed by atoms with Gasteiger partial charge in [0.2, 0.25) is 5.91 Å². The van der Waals surface area contributed by atoms with Crippen molar-refractivity contribution in [2.24, 2.45) is 17.8 Å². The molecule has 21 heavy (non-hydrogen) atoms. The fourth-order valence-corrected chi connectivity index (χ4v) is 4.00. The summed E-state index contributed by atoms with van der Waals surface area (Å²) in [5.41, 5.74) is 0. The van der Waals surface area contributed by atoms with Crippen LogP contribution in [0.1, 0.15) is 65.2 Å². The van der Waals surface area contributed by atoms with E-state index in [1.54, 1.807) is 4.90 Å². The van der Waals surface area contributed by atoms with Gasteiger partial charge in [-0.05, 0) is 43.9 Å². The number of carbonyl (C=O) groups is 2. The maximum absolute atomic E-state index is 12.6. The highest BCUT2D eigenvalue weighted by molar-refractivity contribution is 5.86. The molecule has 1 saturated heterocycles. The summed E-state index contributed by atoms with van der Waals surface area (Å²) in [6, 6.07) is -0.602. The number of carboxylic acids is 1. The molecule has 1 N–H and O–H groups in total. The van der Waals surface area contributed by atoms with Crippen molar-refractivity contribution in [1.82, 2.24) is 4.90 Å². The number of hydrogen-bond donors (Lipinski definition) is 1. The molecule has 2 unspecified atom stereocenters. The topological polar surface area (TPSA) is 57.6 Å². The predicted molar refractivity (Wildman–Crippen MR) is 81.9 cm³/mol. The number of likely N-dealkylation sites (tertiary alicyclic amines) is 1. The molecule has 0 radical (unpaired) electrons. The number of aliphatic carboxylic acids is 1. The zero-order chi connectivity index (χ0) is 15.4. The van der Waals surface area contributed by atoms with Crippen molar-refractivity contribution in [2.75, 3.05) is 6.54 Å². The standard InChI is InChI=1S/C17H29NO3/c1-3-4-5-13-6-8-14(9-7-13)16(19)18-11-10-12(2)15(18)17(20)21/h12-15H,3-11H2,1-2H3,(H,20,21). The maximum atomic E-state index is 12.6. The fourth-order valence-electron chi connectivity index (χ4n) is 4.00. The normalized spacial score (nSPS) is 33.1. The first-order valence-corrected chi connectivity index (χ1v) is 8.57. The molecule has 2 atom stereocenters. The van der Waals surface area contributed by atoms with Crippen molar-refractivity contribution in [3.63, 3.8) is 0 Å². The Bertz CT molecular complexity index is 374. The Morgan fingerprint density at radius 1 is 1.14 bits per heavy atom. The average Bonchev–Trinajstić information content (AvgIpc) is 2.87. The second kappa shape index (κ2) is 7.28. The van der Waals surface area contributed by atoms with Gasteiger partial charge in [-0.3, -0.25) is 4.79 Å². The van der Waals surface area contributed by atoms with Crippen LogP contribution in [-0.4, -0.2) is 34.5 Å². The first-order chi connectivity index (χ1) is 10.0. The Hall–Kier alpha value is -1.06. The van der Waals surface area contributed by atoms with Gasteiger partial charge < -0.3 is 10.0 Å². The van der Waals surface area contributed by atoms with E-state index in [2.05, 4.69) is 6.92 Å². The molecule has 4 nitrogen and oxygen atoms in total. The van der Waals surface area contributed by atoms with Crippen molar-refractivity contribution in [3.05, 3.63) is 0 Å². The van der Waals surface area contributed by atoms with E-state index in [1.165, 1.54) is 19.3 Å². The second-order valence-electron chi connectivity index (χ2n) is 6.94. The third-order valence-electron chi connectivity index (χ3n) is 5.40. The van der Waals surface area contributed by atoms with E-state index in [-0.39, 0.29) is 17.7 Å². The highest BCUT2D eigenvalue weighted by Crippen LogP contribution is 2.35. The van der Waals surface area contributed by atoms with Crippen LogP contribution < -0.4 is 0 Å². The second-order valence-corrected chi connectivity index (χ2v) is 6.94. The monoisotopic (exact) mass is 295 g/mol. The van der Waals surface area contributed by atoms with E-state index in [4.69, 9.17) is 0 Å². The molecule has 1 aliphatic carbocycles. The lowest BCUT2D eigenvalue weighted by Crippen LogP contribution is -2.46. The van der Waals surface area contributed by atoms with Crippen molar-refractivity contribution in [3.8, 4) is 0 Å². The Labute approximate surface area is 127 Å². The minimum atomic E-state index is -0.843. The molecule has 4 heteroatoms. The number of unbranched alkanes of at least 4 members (excludes halogenated alkanes) is 1. The van der Waals surface area contributed by atoms with E-state index in [9.17, 15) is 14.7 Å². The highest BCUT2D eigenvalue weighted by Gasteiger charge is 2.42. The summed E-state index contributed by atoms with van der Waals surface area (Å²) >= 11 is 0. The summed E-state index contributed by atoms with van der Waals surface area (Å²) in [4.78, 5) is 25.7. The number of nitrogens with zero attached hydrogens (tertiary/aromatic N) is 1. The number of hydrogen-bond acceptors (Lipinski definition) is 2. The molecule has 2 aliphatic rings. The molecule has 0 aromatic heterocycles. The number of carbonyl (C=O) groups excluding carboxylic acids is 1. The fraction of sp³-hybridized carbons (Fsp3) is 0.882. The molecule has 0 aromatic rings. The smallest absolute Gasteiger partial charge is 0.326 e.